The van der Waals surface area contributed by atoms with Crippen LogP contribution in [0, 0.1) is 0 Å². The Labute approximate surface area is 294 Å². The molecule has 2 fully saturated rings. The van der Waals surface area contributed by atoms with Gasteiger partial charge in [0.05, 0.1) is 0 Å². The molecule has 3 heterocycles. The summed E-state index contributed by atoms with van der Waals surface area (Å²) in [7, 11) is 0. The fourth-order valence-corrected chi connectivity index (χ4v) is 9.28. The predicted molar refractivity (Wildman–Crippen MR) is 200 cm³/mol. The summed E-state index contributed by atoms with van der Waals surface area (Å²) in [6.07, 6.45) is 8.23. The van der Waals surface area contributed by atoms with Crippen molar-refractivity contribution in [2.75, 3.05) is 4.90 Å². The molecule has 2 aliphatic heterocycles. The number of aromatic nitrogens is 3. The van der Waals surface area contributed by atoms with Gasteiger partial charge in [0.1, 0.15) is 17.7 Å². The van der Waals surface area contributed by atoms with Gasteiger partial charge in [0.15, 0.2) is 11.6 Å². The van der Waals surface area contributed by atoms with E-state index in [0.717, 1.165) is 53.6 Å². The largest absolute Gasteiger partial charge is 0.489 e. The monoisotopic (exact) mass is 652 g/mol. The van der Waals surface area contributed by atoms with Crippen molar-refractivity contribution in [3.05, 3.63) is 144 Å². The molecule has 4 aliphatic rings. The van der Waals surface area contributed by atoms with Gasteiger partial charge in [-0.05, 0) is 79.1 Å². The first kappa shape index (κ1) is 29.6. The van der Waals surface area contributed by atoms with Crippen LogP contribution in [0.15, 0.2) is 127 Å². The van der Waals surface area contributed by atoms with Crippen LogP contribution in [0.4, 0.5) is 11.4 Å². The number of rotatable bonds is 5. The molecular weight excluding hydrogens is 613 g/mol. The highest BCUT2D eigenvalue weighted by Gasteiger charge is 2.44. The number of benzene rings is 5. The lowest BCUT2D eigenvalue weighted by Gasteiger charge is -2.34. The molecule has 0 amide bonds. The van der Waals surface area contributed by atoms with Gasteiger partial charge < -0.3 is 9.64 Å². The molecule has 5 unspecified atom stereocenters. The van der Waals surface area contributed by atoms with Crippen molar-refractivity contribution in [2.24, 2.45) is 0 Å². The van der Waals surface area contributed by atoms with E-state index >= 15 is 0 Å². The van der Waals surface area contributed by atoms with Crippen LogP contribution in [0.2, 0.25) is 0 Å². The Morgan fingerprint density at radius 3 is 1.94 bits per heavy atom. The second-order valence-corrected chi connectivity index (χ2v) is 14.5. The lowest BCUT2D eigenvalue weighted by Crippen LogP contribution is -2.32. The highest BCUT2D eigenvalue weighted by molar-refractivity contribution is 5.78. The summed E-state index contributed by atoms with van der Waals surface area (Å²) >= 11 is 0. The van der Waals surface area contributed by atoms with Gasteiger partial charge >= 0.3 is 0 Å². The standard InChI is InChI=1S/C45H40N4O/c1-4-12-29(13-5-1)32-21-24-40-37(26-32)35-18-10-11-19-39(35)49(40)34-22-25-41-38(28-34)36-23-20-33(27-42(36)50-41)45-47-43(30-14-6-2-7-15-30)46-44(48-45)31-16-8-3-9-17-31/h1-9,12-17,21-22,24-26,28,33,35-36,39,42H,10-11,18-20,23,27H2. The number of nitrogens with zero attached hydrogens (tertiary/aromatic N) is 4. The molecule has 1 aromatic heterocycles. The minimum Gasteiger partial charge on any atom is -0.489 e. The third-order valence-electron chi connectivity index (χ3n) is 11.7. The van der Waals surface area contributed by atoms with Crippen LogP contribution in [0.5, 0.6) is 5.75 Å². The molecule has 5 atom stereocenters. The van der Waals surface area contributed by atoms with Crippen molar-refractivity contribution in [3.8, 4) is 39.7 Å². The van der Waals surface area contributed by atoms with E-state index in [0.29, 0.717) is 17.9 Å². The van der Waals surface area contributed by atoms with Gasteiger partial charge in [-0.3, -0.25) is 0 Å². The first-order chi connectivity index (χ1) is 24.8. The quantitative estimate of drug-likeness (QED) is 0.185. The molecule has 5 aromatic carbocycles. The third-order valence-corrected chi connectivity index (χ3v) is 11.7. The molecule has 0 saturated heterocycles. The molecular formula is C45H40N4O. The van der Waals surface area contributed by atoms with Gasteiger partial charge in [-0.1, -0.05) is 110 Å². The number of fused-ring (bicyclic) bond motifs is 6. The number of anilines is 2. The van der Waals surface area contributed by atoms with Crippen molar-refractivity contribution in [1.29, 1.82) is 0 Å². The number of hydrogen-bond donors (Lipinski definition) is 0. The summed E-state index contributed by atoms with van der Waals surface area (Å²) < 4.78 is 6.76. The van der Waals surface area contributed by atoms with E-state index < -0.39 is 0 Å². The van der Waals surface area contributed by atoms with E-state index in [2.05, 4.69) is 95.9 Å². The zero-order valence-corrected chi connectivity index (χ0v) is 28.2. The summed E-state index contributed by atoms with van der Waals surface area (Å²) in [6, 6.07) is 46.1. The molecule has 0 radical (unpaired) electrons. The van der Waals surface area contributed by atoms with Crippen LogP contribution < -0.4 is 9.64 Å². The van der Waals surface area contributed by atoms with Crippen LogP contribution in [0.25, 0.3) is 33.9 Å². The average molecular weight is 653 g/mol. The molecule has 50 heavy (non-hydrogen) atoms. The van der Waals surface area contributed by atoms with Crippen LogP contribution in [0.3, 0.4) is 0 Å². The molecule has 5 nitrogen and oxygen atoms in total. The van der Waals surface area contributed by atoms with E-state index in [-0.39, 0.29) is 12.0 Å². The van der Waals surface area contributed by atoms with E-state index in [1.165, 1.54) is 59.3 Å². The van der Waals surface area contributed by atoms with Gasteiger partial charge in [0, 0.05) is 51.9 Å². The molecule has 6 aromatic rings. The summed E-state index contributed by atoms with van der Waals surface area (Å²) in [5, 5.41) is 0. The van der Waals surface area contributed by atoms with Crippen molar-refractivity contribution in [3.63, 3.8) is 0 Å². The van der Waals surface area contributed by atoms with E-state index in [9.17, 15) is 0 Å². The summed E-state index contributed by atoms with van der Waals surface area (Å²) in [4.78, 5) is 17.8. The minimum atomic E-state index is 0.123. The van der Waals surface area contributed by atoms with Crippen molar-refractivity contribution >= 4 is 11.4 Å². The Morgan fingerprint density at radius 2 is 1.22 bits per heavy atom. The fraction of sp³-hybridized carbons (Fsp3) is 0.267. The Kier molecular flexibility index (Phi) is 7.25. The maximum atomic E-state index is 6.76. The normalized spacial score (nSPS) is 23.4. The highest BCUT2D eigenvalue weighted by Crippen LogP contribution is 2.55. The van der Waals surface area contributed by atoms with Gasteiger partial charge in [-0.2, -0.15) is 0 Å². The Balaban J connectivity index is 0.949. The van der Waals surface area contributed by atoms with E-state index in [4.69, 9.17) is 19.7 Å². The second kappa shape index (κ2) is 12.2. The van der Waals surface area contributed by atoms with Crippen molar-refractivity contribution in [1.82, 2.24) is 15.0 Å². The van der Waals surface area contributed by atoms with E-state index in [1.54, 1.807) is 0 Å². The smallest absolute Gasteiger partial charge is 0.163 e. The topological polar surface area (TPSA) is 51.1 Å². The Hall–Kier alpha value is -5.29. The predicted octanol–water partition coefficient (Wildman–Crippen LogP) is 10.9. The second-order valence-electron chi connectivity index (χ2n) is 14.5. The highest BCUT2D eigenvalue weighted by atomic mass is 16.5. The third kappa shape index (κ3) is 5.10. The zero-order chi connectivity index (χ0) is 33.0. The Bertz CT molecular complexity index is 2110. The molecule has 2 aliphatic carbocycles. The maximum absolute atomic E-state index is 6.76. The van der Waals surface area contributed by atoms with Crippen molar-refractivity contribution < 1.29 is 4.74 Å². The fourth-order valence-electron chi connectivity index (χ4n) is 9.28. The first-order valence-corrected chi connectivity index (χ1v) is 18.4. The van der Waals surface area contributed by atoms with Crippen LogP contribution in [-0.4, -0.2) is 27.1 Å². The van der Waals surface area contributed by atoms with Crippen LogP contribution in [0.1, 0.15) is 79.7 Å². The Morgan fingerprint density at radius 1 is 0.540 bits per heavy atom. The summed E-state index contributed by atoms with van der Waals surface area (Å²) in [6.45, 7) is 0. The maximum Gasteiger partial charge on any atom is 0.163 e. The molecule has 246 valence electrons. The van der Waals surface area contributed by atoms with Gasteiger partial charge in [0.2, 0.25) is 0 Å². The lowest BCUT2D eigenvalue weighted by molar-refractivity contribution is 0.149. The summed E-state index contributed by atoms with van der Waals surface area (Å²) in [5.41, 5.74) is 10.2. The average Bonchev–Trinajstić information content (AvgIpc) is 3.73. The van der Waals surface area contributed by atoms with Crippen molar-refractivity contribution in [2.45, 2.75) is 74.8 Å². The van der Waals surface area contributed by atoms with Gasteiger partial charge in [-0.15, -0.1) is 0 Å². The number of ether oxygens (including phenoxy) is 1. The minimum absolute atomic E-state index is 0.123. The van der Waals surface area contributed by atoms with Gasteiger partial charge in [0.25, 0.3) is 0 Å². The molecule has 5 heteroatoms. The van der Waals surface area contributed by atoms with Crippen LogP contribution in [-0.2, 0) is 0 Å². The molecule has 0 N–H and O–H groups in total. The zero-order valence-electron chi connectivity index (χ0n) is 28.2. The first-order valence-electron chi connectivity index (χ1n) is 18.4. The van der Waals surface area contributed by atoms with Gasteiger partial charge in [-0.25, -0.2) is 15.0 Å². The lowest BCUT2D eigenvalue weighted by atomic mass is 9.77. The summed E-state index contributed by atoms with van der Waals surface area (Å²) in [5.74, 6) is 4.58. The SMILES string of the molecule is c1ccc(-c2ccc3c(c2)C2CCCCC2N3c2ccc3c(c2)C2CCC(c4nc(-c5ccccc5)nc(-c5ccccc5)n4)CC2O3)cc1. The van der Waals surface area contributed by atoms with Crippen LogP contribution >= 0.6 is 0 Å². The molecule has 10 rings (SSSR count). The molecule has 0 spiro atoms. The number of hydrogen-bond acceptors (Lipinski definition) is 5. The van der Waals surface area contributed by atoms with E-state index in [1.807, 2.05) is 36.4 Å². The molecule has 0 bridgehead atoms. The molecule has 2 saturated carbocycles.